The van der Waals surface area contributed by atoms with E-state index < -0.39 is 22.0 Å². The van der Waals surface area contributed by atoms with Crippen LogP contribution in [0.15, 0.2) is 28.7 Å². The Kier molecular flexibility index (Phi) is 4.55. The average molecular weight is 390 g/mol. The van der Waals surface area contributed by atoms with Gasteiger partial charge in [-0.1, -0.05) is 17.7 Å². The summed E-state index contributed by atoms with van der Waals surface area (Å²) in [5.41, 5.74) is 2.55. The first-order valence-electron chi connectivity index (χ1n) is 8.97. The molecule has 4 rings (SSSR count). The Labute approximate surface area is 158 Å². The van der Waals surface area contributed by atoms with Crippen LogP contribution >= 0.6 is 0 Å². The van der Waals surface area contributed by atoms with Crippen LogP contribution in [-0.4, -0.2) is 61.0 Å². The number of nitrogens with zero attached hydrogens (tertiary/aromatic N) is 2. The van der Waals surface area contributed by atoms with Crippen molar-refractivity contribution in [3.8, 4) is 11.5 Å². The molecule has 27 heavy (non-hydrogen) atoms. The maximum atomic E-state index is 12.9. The number of amides is 1. The number of morpholine rings is 1. The first-order valence-corrected chi connectivity index (χ1v) is 10.8. The lowest BCUT2D eigenvalue weighted by molar-refractivity contribution is -0.142. The van der Waals surface area contributed by atoms with Gasteiger partial charge in [0.15, 0.2) is 9.84 Å². The molecule has 3 heterocycles. The van der Waals surface area contributed by atoms with Gasteiger partial charge in [-0.2, -0.15) is 0 Å². The Bertz CT molecular complexity index is 982. The maximum absolute atomic E-state index is 12.9. The van der Waals surface area contributed by atoms with Crippen LogP contribution in [0, 0.1) is 13.8 Å². The van der Waals surface area contributed by atoms with Crippen LogP contribution < -0.4 is 0 Å². The zero-order chi connectivity index (χ0) is 19.2. The van der Waals surface area contributed by atoms with Gasteiger partial charge >= 0.3 is 0 Å². The number of aryl methyl sites for hydroxylation is 2. The third-order valence-electron chi connectivity index (χ3n) is 5.13. The second-order valence-electron chi connectivity index (χ2n) is 7.21. The summed E-state index contributed by atoms with van der Waals surface area (Å²) in [4.78, 5) is 19.0. The molecule has 0 bridgehead atoms. The van der Waals surface area contributed by atoms with Crippen molar-refractivity contribution in [3.63, 3.8) is 0 Å². The van der Waals surface area contributed by atoms with Crippen molar-refractivity contribution in [3.05, 3.63) is 41.3 Å². The van der Waals surface area contributed by atoms with E-state index in [2.05, 4.69) is 4.98 Å². The molecule has 0 spiro atoms. The summed E-state index contributed by atoms with van der Waals surface area (Å²) in [5.74, 6) is 0.904. The second kappa shape index (κ2) is 6.76. The van der Waals surface area contributed by atoms with Crippen molar-refractivity contribution in [2.75, 3.05) is 24.7 Å². The molecule has 1 aromatic heterocycles. The quantitative estimate of drug-likeness (QED) is 0.789. The van der Waals surface area contributed by atoms with E-state index in [1.807, 2.05) is 31.2 Å². The summed E-state index contributed by atoms with van der Waals surface area (Å²) in [7, 11) is -3.17. The number of hydrogen-bond acceptors (Lipinski definition) is 6. The summed E-state index contributed by atoms with van der Waals surface area (Å²) < 4.78 is 35.2. The van der Waals surface area contributed by atoms with E-state index in [9.17, 15) is 13.2 Å². The predicted molar refractivity (Wildman–Crippen MR) is 99.0 cm³/mol. The number of fused-ring (bicyclic) bond motifs is 1. The van der Waals surface area contributed by atoms with Crippen LogP contribution in [0.2, 0.25) is 0 Å². The molecule has 2 aliphatic rings. The van der Waals surface area contributed by atoms with Crippen LogP contribution in [-0.2, 0) is 25.8 Å². The molecular formula is C19H22N2O5S. The summed E-state index contributed by atoms with van der Waals surface area (Å²) in [6.45, 7) is 4.54. The number of rotatable bonds is 3. The molecule has 2 aromatic rings. The maximum Gasteiger partial charge on any atom is 0.229 e. The fourth-order valence-corrected chi connectivity index (χ4v) is 5.63. The highest BCUT2D eigenvalue weighted by Gasteiger charge is 2.45. The molecule has 8 heteroatoms. The Morgan fingerprint density at radius 1 is 1.30 bits per heavy atom. The number of ether oxygens (including phenoxy) is 1. The van der Waals surface area contributed by atoms with Gasteiger partial charge in [0.1, 0.15) is 5.76 Å². The van der Waals surface area contributed by atoms with Crippen molar-refractivity contribution in [2.45, 2.75) is 32.4 Å². The van der Waals surface area contributed by atoms with Gasteiger partial charge in [0.25, 0.3) is 0 Å². The number of aromatic nitrogens is 1. The smallest absolute Gasteiger partial charge is 0.229 e. The standard InChI is InChI=1S/C19H22N2O5S/c1-12-4-3-5-14(8-12)19-20-15(13(2)26-19)9-18(22)21-6-7-25-17-11-27(23,24)10-16(17)21/h3-5,8,16-17H,6-7,9-11H2,1-2H3. The van der Waals surface area contributed by atoms with E-state index in [0.717, 1.165) is 11.1 Å². The van der Waals surface area contributed by atoms with Crippen LogP contribution in [0.3, 0.4) is 0 Å². The molecule has 144 valence electrons. The molecule has 0 N–H and O–H groups in total. The normalized spacial score (nSPS) is 24.0. The Morgan fingerprint density at radius 3 is 2.89 bits per heavy atom. The van der Waals surface area contributed by atoms with E-state index in [1.165, 1.54) is 0 Å². The highest BCUT2D eigenvalue weighted by molar-refractivity contribution is 7.91. The van der Waals surface area contributed by atoms with E-state index in [1.54, 1.807) is 11.8 Å². The van der Waals surface area contributed by atoms with E-state index in [4.69, 9.17) is 9.15 Å². The average Bonchev–Trinajstić information content (AvgIpc) is 3.12. The van der Waals surface area contributed by atoms with Crippen molar-refractivity contribution in [2.24, 2.45) is 0 Å². The lowest BCUT2D eigenvalue weighted by Crippen LogP contribution is -2.53. The molecule has 0 aliphatic carbocycles. The molecule has 2 saturated heterocycles. The fraction of sp³-hybridized carbons (Fsp3) is 0.474. The van der Waals surface area contributed by atoms with Crippen LogP contribution in [0.4, 0.5) is 0 Å². The van der Waals surface area contributed by atoms with Crippen LogP contribution in [0.5, 0.6) is 0 Å². The van der Waals surface area contributed by atoms with Crippen molar-refractivity contribution >= 4 is 15.7 Å². The highest BCUT2D eigenvalue weighted by Crippen LogP contribution is 2.27. The number of hydrogen-bond donors (Lipinski definition) is 0. The third-order valence-corrected chi connectivity index (χ3v) is 6.82. The summed E-state index contributed by atoms with van der Waals surface area (Å²) >= 11 is 0. The molecule has 2 aliphatic heterocycles. The number of sulfone groups is 1. The first kappa shape index (κ1) is 18.2. The number of carbonyl (C=O) groups excluding carboxylic acids is 1. The lowest BCUT2D eigenvalue weighted by atomic mass is 10.1. The largest absolute Gasteiger partial charge is 0.441 e. The Balaban J connectivity index is 1.53. The minimum absolute atomic E-state index is 0.0120. The van der Waals surface area contributed by atoms with Gasteiger partial charge in [0.2, 0.25) is 11.8 Å². The first-order chi connectivity index (χ1) is 12.8. The molecule has 2 fully saturated rings. The van der Waals surface area contributed by atoms with Crippen LogP contribution in [0.1, 0.15) is 17.0 Å². The molecule has 0 saturated carbocycles. The molecule has 2 unspecified atom stereocenters. The summed E-state index contributed by atoms with van der Waals surface area (Å²) in [5, 5.41) is 0. The van der Waals surface area contributed by atoms with Crippen molar-refractivity contribution in [1.82, 2.24) is 9.88 Å². The highest BCUT2D eigenvalue weighted by atomic mass is 32.2. The van der Waals surface area contributed by atoms with Gasteiger partial charge in [0, 0.05) is 12.1 Å². The molecule has 1 aromatic carbocycles. The van der Waals surface area contributed by atoms with Gasteiger partial charge in [-0.25, -0.2) is 13.4 Å². The molecule has 7 nitrogen and oxygen atoms in total. The van der Waals surface area contributed by atoms with E-state index in [-0.39, 0.29) is 23.8 Å². The molecule has 2 atom stereocenters. The predicted octanol–water partition coefficient (Wildman–Crippen LogP) is 1.53. The van der Waals surface area contributed by atoms with E-state index in [0.29, 0.717) is 30.5 Å². The topological polar surface area (TPSA) is 89.7 Å². The minimum atomic E-state index is -3.17. The summed E-state index contributed by atoms with van der Waals surface area (Å²) in [6, 6.07) is 7.42. The SMILES string of the molecule is Cc1cccc(-c2nc(CC(=O)N3CCOC4CS(=O)(=O)CC43)c(C)o2)c1. The molecule has 0 radical (unpaired) electrons. The molecular weight excluding hydrogens is 368 g/mol. The van der Waals surface area contributed by atoms with Crippen molar-refractivity contribution < 1.29 is 22.4 Å². The number of oxazole rings is 1. The van der Waals surface area contributed by atoms with Crippen LogP contribution in [0.25, 0.3) is 11.5 Å². The Hall–Kier alpha value is -2.19. The van der Waals surface area contributed by atoms with Gasteiger partial charge in [-0.3, -0.25) is 4.79 Å². The molecule has 1 amide bonds. The zero-order valence-corrected chi connectivity index (χ0v) is 16.2. The van der Waals surface area contributed by atoms with E-state index >= 15 is 0 Å². The number of carbonyl (C=O) groups is 1. The summed E-state index contributed by atoms with van der Waals surface area (Å²) in [6.07, 6.45) is -0.335. The minimum Gasteiger partial charge on any atom is -0.441 e. The van der Waals surface area contributed by atoms with Gasteiger partial charge in [0.05, 0.1) is 42.4 Å². The van der Waals surface area contributed by atoms with Crippen molar-refractivity contribution in [1.29, 1.82) is 0 Å². The monoisotopic (exact) mass is 390 g/mol. The fourth-order valence-electron chi connectivity index (χ4n) is 3.76. The lowest BCUT2D eigenvalue weighted by Gasteiger charge is -2.36. The number of benzene rings is 1. The van der Waals surface area contributed by atoms with Gasteiger partial charge < -0.3 is 14.1 Å². The Morgan fingerprint density at radius 2 is 2.11 bits per heavy atom. The second-order valence-corrected chi connectivity index (χ2v) is 9.36. The van der Waals surface area contributed by atoms with Gasteiger partial charge in [-0.15, -0.1) is 0 Å². The third kappa shape index (κ3) is 3.64. The van der Waals surface area contributed by atoms with Gasteiger partial charge in [-0.05, 0) is 26.0 Å². The zero-order valence-electron chi connectivity index (χ0n) is 15.3.